The highest BCUT2D eigenvalue weighted by Crippen LogP contribution is 2.34. The topological polar surface area (TPSA) is 50.8 Å². The number of benzene rings is 1. The molecular weight excluding hydrogens is 306 g/mol. The molecule has 1 aromatic carbocycles. The molecule has 1 N–H and O–H groups in total. The third kappa shape index (κ3) is 4.31. The van der Waals surface area contributed by atoms with Crippen LogP contribution in [0.2, 0.25) is 0 Å². The Labute approximate surface area is 134 Å². The number of halogens is 2. The summed E-state index contributed by atoms with van der Waals surface area (Å²) in [7, 11) is 3.23. The van der Waals surface area contributed by atoms with Crippen molar-refractivity contribution in [3.63, 3.8) is 0 Å². The van der Waals surface area contributed by atoms with Gasteiger partial charge in [0.05, 0.1) is 12.7 Å². The van der Waals surface area contributed by atoms with E-state index in [9.17, 15) is 13.6 Å². The third-order valence-corrected chi connectivity index (χ3v) is 3.94. The van der Waals surface area contributed by atoms with E-state index in [1.165, 1.54) is 19.2 Å². The van der Waals surface area contributed by atoms with Crippen LogP contribution < -0.4 is 14.8 Å². The lowest BCUT2D eigenvalue weighted by molar-refractivity contribution is -0.0517. The number of amides is 1. The highest BCUT2D eigenvalue weighted by Gasteiger charge is 2.28. The Hall–Kier alpha value is -1.89. The molecule has 1 atom stereocenters. The zero-order valence-corrected chi connectivity index (χ0v) is 13.4. The molecule has 0 saturated carbocycles. The Kier molecular flexibility index (Phi) is 6.15. The molecule has 1 heterocycles. The monoisotopic (exact) mass is 328 g/mol. The highest BCUT2D eigenvalue weighted by atomic mass is 19.3. The minimum atomic E-state index is -3.02. The number of carbonyl (C=O) groups is 1. The molecule has 0 bridgehead atoms. The lowest BCUT2D eigenvalue weighted by Gasteiger charge is -2.33. The van der Waals surface area contributed by atoms with Gasteiger partial charge in [-0.05, 0) is 44.5 Å². The zero-order valence-electron chi connectivity index (χ0n) is 13.4. The number of ether oxygens (including phenoxy) is 2. The highest BCUT2D eigenvalue weighted by molar-refractivity contribution is 5.97. The maximum absolute atomic E-state index is 12.7. The number of nitrogens with zero attached hydrogens (tertiary/aromatic N) is 1. The van der Waals surface area contributed by atoms with Crippen LogP contribution in [0.15, 0.2) is 18.2 Å². The first-order valence-electron chi connectivity index (χ1n) is 7.62. The lowest BCUT2D eigenvalue weighted by atomic mass is 9.97. The van der Waals surface area contributed by atoms with Crippen molar-refractivity contribution in [3.8, 4) is 11.5 Å². The van der Waals surface area contributed by atoms with Gasteiger partial charge in [-0.3, -0.25) is 4.79 Å². The van der Waals surface area contributed by atoms with Gasteiger partial charge in [-0.15, -0.1) is 0 Å². The van der Waals surface area contributed by atoms with Crippen LogP contribution in [0.5, 0.6) is 11.5 Å². The van der Waals surface area contributed by atoms with Gasteiger partial charge in [-0.1, -0.05) is 6.07 Å². The van der Waals surface area contributed by atoms with Gasteiger partial charge in [0.15, 0.2) is 11.5 Å². The van der Waals surface area contributed by atoms with E-state index in [1.54, 1.807) is 11.0 Å². The van der Waals surface area contributed by atoms with Gasteiger partial charge in [0.2, 0.25) is 0 Å². The van der Waals surface area contributed by atoms with Crippen molar-refractivity contribution in [2.45, 2.75) is 19.5 Å². The second kappa shape index (κ2) is 8.10. The van der Waals surface area contributed by atoms with Crippen LogP contribution in [0, 0.1) is 5.92 Å². The zero-order chi connectivity index (χ0) is 16.8. The van der Waals surface area contributed by atoms with Gasteiger partial charge in [-0.25, -0.2) is 0 Å². The molecule has 5 nitrogen and oxygen atoms in total. The van der Waals surface area contributed by atoms with Crippen LogP contribution in [0.1, 0.15) is 23.2 Å². The number of methoxy groups -OCH3 is 1. The molecule has 1 fully saturated rings. The first-order chi connectivity index (χ1) is 11.1. The fraction of sp³-hybridized carbons (Fsp3) is 0.562. The van der Waals surface area contributed by atoms with Crippen LogP contribution >= 0.6 is 0 Å². The van der Waals surface area contributed by atoms with Gasteiger partial charge in [0, 0.05) is 13.1 Å². The standard InChI is InChI=1S/C16H22F2N2O3/c1-19-9-11-5-4-8-20(10-11)15(21)12-6-3-7-13(22-2)14(12)23-16(17)18/h3,6-7,11,16,19H,4-5,8-10H2,1-2H3. The van der Waals surface area contributed by atoms with Crippen molar-refractivity contribution in [1.29, 1.82) is 0 Å². The summed E-state index contributed by atoms with van der Waals surface area (Å²) < 4.78 is 34.9. The quantitative estimate of drug-likeness (QED) is 0.871. The van der Waals surface area contributed by atoms with E-state index in [-0.39, 0.29) is 23.0 Å². The lowest BCUT2D eigenvalue weighted by Crippen LogP contribution is -2.42. The van der Waals surface area contributed by atoms with Crippen molar-refractivity contribution in [2.24, 2.45) is 5.92 Å². The second-order valence-corrected chi connectivity index (χ2v) is 5.53. The number of hydrogen-bond acceptors (Lipinski definition) is 4. The van der Waals surface area contributed by atoms with Gasteiger partial charge < -0.3 is 19.7 Å². The summed E-state index contributed by atoms with van der Waals surface area (Å²) in [6.07, 6.45) is 1.94. The first-order valence-corrected chi connectivity index (χ1v) is 7.62. The molecule has 1 unspecified atom stereocenters. The molecule has 7 heteroatoms. The predicted octanol–water partition coefficient (Wildman–Crippen LogP) is 2.37. The van der Waals surface area contributed by atoms with E-state index in [1.807, 2.05) is 7.05 Å². The van der Waals surface area contributed by atoms with Crippen molar-refractivity contribution in [3.05, 3.63) is 23.8 Å². The number of likely N-dealkylation sites (tertiary alicyclic amines) is 1. The van der Waals surface area contributed by atoms with E-state index in [4.69, 9.17) is 4.74 Å². The summed E-state index contributed by atoms with van der Waals surface area (Å²) in [6, 6.07) is 4.58. The summed E-state index contributed by atoms with van der Waals surface area (Å²) in [5, 5.41) is 3.11. The van der Waals surface area contributed by atoms with Gasteiger partial charge in [0.1, 0.15) is 0 Å². The molecule has 23 heavy (non-hydrogen) atoms. The Morgan fingerprint density at radius 3 is 2.91 bits per heavy atom. The third-order valence-electron chi connectivity index (χ3n) is 3.94. The van der Waals surface area contributed by atoms with Crippen molar-refractivity contribution >= 4 is 5.91 Å². The minimum absolute atomic E-state index is 0.106. The molecule has 0 spiro atoms. The maximum atomic E-state index is 12.7. The Bertz CT molecular complexity index is 538. The number of para-hydroxylation sites is 1. The first kappa shape index (κ1) is 17.5. The van der Waals surface area contributed by atoms with Crippen molar-refractivity contribution in [1.82, 2.24) is 10.2 Å². The number of carbonyl (C=O) groups excluding carboxylic acids is 1. The average molecular weight is 328 g/mol. The summed E-state index contributed by atoms with van der Waals surface area (Å²) in [5.41, 5.74) is 0.106. The van der Waals surface area contributed by atoms with E-state index < -0.39 is 6.61 Å². The van der Waals surface area contributed by atoms with E-state index in [0.29, 0.717) is 19.0 Å². The fourth-order valence-corrected chi connectivity index (χ4v) is 2.93. The molecule has 2 rings (SSSR count). The van der Waals surface area contributed by atoms with Crippen LogP contribution in [-0.2, 0) is 0 Å². The van der Waals surface area contributed by atoms with Crippen LogP contribution in [0.25, 0.3) is 0 Å². The largest absolute Gasteiger partial charge is 0.493 e. The molecule has 1 amide bonds. The van der Waals surface area contributed by atoms with Crippen LogP contribution in [-0.4, -0.2) is 51.2 Å². The fourth-order valence-electron chi connectivity index (χ4n) is 2.93. The van der Waals surface area contributed by atoms with E-state index in [0.717, 1.165) is 19.4 Å². The van der Waals surface area contributed by atoms with E-state index >= 15 is 0 Å². The molecular formula is C16H22F2N2O3. The molecule has 1 aliphatic heterocycles. The molecule has 0 aromatic heterocycles. The van der Waals surface area contributed by atoms with Crippen LogP contribution in [0.3, 0.4) is 0 Å². The Morgan fingerprint density at radius 1 is 1.48 bits per heavy atom. The van der Waals surface area contributed by atoms with Gasteiger partial charge >= 0.3 is 6.61 Å². The molecule has 0 radical (unpaired) electrons. The second-order valence-electron chi connectivity index (χ2n) is 5.53. The Balaban J connectivity index is 2.24. The predicted molar refractivity (Wildman–Crippen MR) is 82.2 cm³/mol. The van der Waals surface area contributed by atoms with Crippen molar-refractivity contribution in [2.75, 3.05) is 33.8 Å². The molecule has 1 saturated heterocycles. The Morgan fingerprint density at radius 2 is 2.26 bits per heavy atom. The SMILES string of the molecule is CNCC1CCCN(C(=O)c2cccc(OC)c2OC(F)F)C1. The number of hydrogen-bond donors (Lipinski definition) is 1. The average Bonchev–Trinajstić information content (AvgIpc) is 2.54. The maximum Gasteiger partial charge on any atom is 0.387 e. The van der Waals surface area contributed by atoms with E-state index in [2.05, 4.69) is 10.1 Å². The smallest absolute Gasteiger partial charge is 0.387 e. The molecule has 128 valence electrons. The normalized spacial score (nSPS) is 18.1. The number of nitrogens with one attached hydrogen (secondary N) is 1. The van der Waals surface area contributed by atoms with Crippen LogP contribution in [0.4, 0.5) is 8.78 Å². The summed E-state index contributed by atoms with van der Waals surface area (Å²) >= 11 is 0. The molecule has 1 aliphatic rings. The minimum Gasteiger partial charge on any atom is -0.493 e. The van der Waals surface area contributed by atoms with Crippen molar-refractivity contribution < 1.29 is 23.0 Å². The molecule has 0 aliphatic carbocycles. The number of piperidine rings is 1. The molecule has 1 aromatic rings. The summed E-state index contributed by atoms with van der Waals surface area (Å²) in [4.78, 5) is 14.4. The number of rotatable bonds is 6. The summed E-state index contributed by atoms with van der Waals surface area (Å²) in [5.74, 6) is -0.0196. The van der Waals surface area contributed by atoms with Gasteiger partial charge in [0.25, 0.3) is 5.91 Å². The summed E-state index contributed by atoms with van der Waals surface area (Å²) in [6.45, 7) is -0.978. The van der Waals surface area contributed by atoms with Gasteiger partial charge in [-0.2, -0.15) is 8.78 Å². The number of alkyl halides is 2.